The van der Waals surface area contributed by atoms with Crippen LogP contribution in [-0.2, 0) is 0 Å². The molecule has 0 N–H and O–H groups in total. The molecule has 0 saturated carbocycles. The first-order chi connectivity index (χ1) is 6.77. The third-order valence-electron chi connectivity index (χ3n) is 2.11. The summed E-state index contributed by atoms with van der Waals surface area (Å²) in [7, 11) is 0. The Hall–Kier alpha value is -1.42. The van der Waals surface area contributed by atoms with Crippen LogP contribution in [0.15, 0.2) is 30.6 Å². The highest BCUT2D eigenvalue weighted by Gasteiger charge is 2.07. The number of aromatic nitrogens is 4. The van der Waals surface area contributed by atoms with Crippen LogP contribution in [0.3, 0.4) is 0 Å². The zero-order valence-electron chi connectivity index (χ0n) is 7.63. The number of nitrogens with zero attached hydrogens (tertiary/aromatic N) is 4. The molecule has 2 aromatic rings. The van der Waals surface area contributed by atoms with Crippen molar-refractivity contribution in [1.29, 1.82) is 0 Å². The summed E-state index contributed by atoms with van der Waals surface area (Å²) in [6.07, 6.45) is 1.60. The minimum atomic E-state index is 0.127. The van der Waals surface area contributed by atoms with Gasteiger partial charge < -0.3 is 0 Å². The zero-order chi connectivity index (χ0) is 9.97. The Morgan fingerprint density at radius 3 is 2.57 bits per heavy atom. The summed E-state index contributed by atoms with van der Waals surface area (Å²) in [4.78, 5) is 0. The van der Waals surface area contributed by atoms with Crippen molar-refractivity contribution in [2.24, 2.45) is 0 Å². The summed E-state index contributed by atoms with van der Waals surface area (Å²) >= 11 is 5.79. The lowest BCUT2D eigenvalue weighted by molar-refractivity contribution is 0.543. The summed E-state index contributed by atoms with van der Waals surface area (Å²) in [5, 5.41) is 11.8. The highest BCUT2D eigenvalue weighted by Crippen LogP contribution is 2.18. The van der Waals surface area contributed by atoms with Crippen molar-refractivity contribution in [2.75, 3.05) is 0 Å². The molecule has 0 aliphatic carbocycles. The maximum absolute atomic E-state index is 5.79. The van der Waals surface area contributed by atoms with Gasteiger partial charge in [0.25, 0.3) is 0 Å². The third kappa shape index (κ3) is 1.75. The van der Waals surface area contributed by atoms with Gasteiger partial charge in [0.1, 0.15) is 6.33 Å². The Morgan fingerprint density at radius 2 is 2.00 bits per heavy atom. The van der Waals surface area contributed by atoms with Crippen molar-refractivity contribution >= 4 is 11.6 Å². The second kappa shape index (κ2) is 3.75. The molecule has 1 heterocycles. The van der Waals surface area contributed by atoms with Crippen molar-refractivity contribution < 1.29 is 0 Å². The average molecular weight is 209 g/mol. The topological polar surface area (TPSA) is 43.6 Å². The van der Waals surface area contributed by atoms with E-state index in [4.69, 9.17) is 11.6 Å². The Bertz CT molecular complexity index is 395. The monoisotopic (exact) mass is 208 g/mol. The van der Waals surface area contributed by atoms with Gasteiger partial charge in [-0.05, 0) is 35.0 Å². The van der Waals surface area contributed by atoms with E-state index >= 15 is 0 Å². The van der Waals surface area contributed by atoms with Gasteiger partial charge in [-0.15, -0.1) is 5.10 Å². The van der Waals surface area contributed by atoms with E-state index in [0.717, 1.165) is 10.6 Å². The van der Waals surface area contributed by atoms with E-state index in [1.165, 1.54) is 0 Å². The van der Waals surface area contributed by atoms with Gasteiger partial charge in [0.2, 0.25) is 0 Å². The molecule has 2 rings (SSSR count). The van der Waals surface area contributed by atoms with Crippen molar-refractivity contribution in [3.8, 4) is 0 Å². The van der Waals surface area contributed by atoms with Gasteiger partial charge in [-0.3, -0.25) is 0 Å². The number of hydrogen-bond donors (Lipinski definition) is 0. The Morgan fingerprint density at radius 1 is 1.29 bits per heavy atom. The molecule has 14 heavy (non-hydrogen) atoms. The second-order valence-corrected chi connectivity index (χ2v) is 3.45. The van der Waals surface area contributed by atoms with Crippen LogP contribution in [0.4, 0.5) is 0 Å². The first-order valence-electron chi connectivity index (χ1n) is 4.25. The molecule has 4 nitrogen and oxygen atoms in total. The first kappa shape index (κ1) is 9.15. The maximum Gasteiger partial charge on any atom is 0.138 e. The zero-order valence-corrected chi connectivity index (χ0v) is 8.39. The van der Waals surface area contributed by atoms with Crippen LogP contribution in [0.25, 0.3) is 0 Å². The van der Waals surface area contributed by atoms with Gasteiger partial charge in [-0.1, -0.05) is 23.7 Å². The molecule has 0 bridgehead atoms. The molecule has 72 valence electrons. The van der Waals surface area contributed by atoms with E-state index < -0.39 is 0 Å². The highest BCUT2D eigenvalue weighted by molar-refractivity contribution is 6.30. The molecule has 0 aliphatic heterocycles. The fourth-order valence-corrected chi connectivity index (χ4v) is 1.37. The maximum atomic E-state index is 5.79. The number of tetrazole rings is 1. The van der Waals surface area contributed by atoms with Crippen LogP contribution in [0.2, 0.25) is 5.02 Å². The predicted molar refractivity (Wildman–Crippen MR) is 53.1 cm³/mol. The smallest absolute Gasteiger partial charge is 0.138 e. The van der Waals surface area contributed by atoms with Gasteiger partial charge in [-0.2, -0.15) is 0 Å². The molecule has 0 aliphatic rings. The summed E-state index contributed by atoms with van der Waals surface area (Å²) in [6.45, 7) is 2.03. The Balaban J connectivity index is 2.28. The van der Waals surface area contributed by atoms with E-state index in [1.54, 1.807) is 11.0 Å². The molecule has 1 aromatic heterocycles. The summed E-state index contributed by atoms with van der Waals surface area (Å²) in [6, 6.07) is 7.78. The van der Waals surface area contributed by atoms with Crippen molar-refractivity contribution in [1.82, 2.24) is 20.2 Å². The van der Waals surface area contributed by atoms with Crippen molar-refractivity contribution in [3.63, 3.8) is 0 Å². The predicted octanol–water partition coefficient (Wildman–Crippen LogP) is 1.94. The van der Waals surface area contributed by atoms with Crippen LogP contribution >= 0.6 is 11.6 Å². The van der Waals surface area contributed by atoms with Crippen LogP contribution in [0, 0.1) is 0 Å². The minimum Gasteiger partial charge on any atom is -0.225 e. The van der Waals surface area contributed by atoms with Gasteiger partial charge in [0.05, 0.1) is 6.04 Å². The van der Waals surface area contributed by atoms with E-state index in [1.807, 2.05) is 31.2 Å². The molecular formula is C9H9ClN4. The summed E-state index contributed by atoms with van der Waals surface area (Å²) in [5.74, 6) is 0. The summed E-state index contributed by atoms with van der Waals surface area (Å²) < 4.78 is 1.70. The SMILES string of the molecule is CC(c1ccc(Cl)cc1)n1cnnn1. The number of hydrogen-bond acceptors (Lipinski definition) is 3. The fourth-order valence-electron chi connectivity index (χ4n) is 1.24. The number of halogens is 1. The summed E-state index contributed by atoms with van der Waals surface area (Å²) in [5.41, 5.74) is 1.13. The van der Waals surface area contributed by atoms with Gasteiger partial charge >= 0.3 is 0 Å². The van der Waals surface area contributed by atoms with Crippen LogP contribution < -0.4 is 0 Å². The molecule has 1 unspecified atom stereocenters. The average Bonchev–Trinajstić information content (AvgIpc) is 2.71. The van der Waals surface area contributed by atoms with Gasteiger partial charge in [0.15, 0.2) is 0 Å². The quantitative estimate of drug-likeness (QED) is 0.758. The lowest BCUT2D eigenvalue weighted by atomic mass is 10.1. The lowest BCUT2D eigenvalue weighted by Gasteiger charge is -2.10. The van der Waals surface area contributed by atoms with E-state index in [2.05, 4.69) is 15.5 Å². The largest absolute Gasteiger partial charge is 0.225 e. The van der Waals surface area contributed by atoms with E-state index in [0.29, 0.717) is 0 Å². The molecule has 1 aromatic carbocycles. The Labute approximate surface area is 86.5 Å². The molecule has 1 atom stereocenters. The normalized spacial score (nSPS) is 12.7. The molecular weight excluding hydrogens is 200 g/mol. The second-order valence-electron chi connectivity index (χ2n) is 3.02. The molecule has 0 amide bonds. The van der Waals surface area contributed by atoms with Gasteiger partial charge in [0, 0.05) is 5.02 Å². The van der Waals surface area contributed by atoms with Crippen LogP contribution in [-0.4, -0.2) is 20.2 Å². The standard InChI is InChI=1S/C9H9ClN4/c1-7(14-6-11-12-13-14)8-2-4-9(10)5-3-8/h2-7H,1H3. The number of rotatable bonds is 2. The van der Waals surface area contributed by atoms with Crippen molar-refractivity contribution in [2.45, 2.75) is 13.0 Å². The van der Waals surface area contributed by atoms with Crippen molar-refractivity contribution in [3.05, 3.63) is 41.2 Å². The third-order valence-corrected chi connectivity index (χ3v) is 2.37. The number of benzene rings is 1. The highest BCUT2D eigenvalue weighted by atomic mass is 35.5. The van der Waals surface area contributed by atoms with Crippen LogP contribution in [0.1, 0.15) is 18.5 Å². The molecule has 5 heteroatoms. The molecule has 0 spiro atoms. The van der Waals surface area contributed by atoms with E-state index in [-0.39, 0.29) is 6.04 Å². The first-order valence-corrected chi connectivity index (χ1v) is 4.63. The van der Waals surface area contributed by atoms with Gasteiger partial charge in [-0.25, -0.2) is 4.68 Å². The molecule has 0 fully saturated rings. The minimum absolute atomic E-state index is 0.127. The molecule has 0 radical (unpaired) electrons. The Kier molecular flexibility index (Phi) is 2.45. The lowest BCUT2D eigenvalue weighted by Crippen LogP contribution is -2.07. The van der Waals surface area contributed by atoms with Crippen LogP contribution in [0.5, 0.6) is 0 Å². The fraction of sp³-hybridized carbons (Fsp3) is 0.222. The van der Waals surface area contributed by atoms with E-state index in [9.17, 15) is 0 Å². The molecule has 0 saturated heterocycles.